The van der Waals surface area contributed by atoms with E-state index in [2.05, 4.69) is 20.6 Å². The maximum absolute atomic E-state index is 13.4. The molecule has 1 aliphatic rings. The maximum Gasteiger partial charge on any atom is 0.284 e. The van der Waals surface area contributed by atoms with E-state index in [1.54, 1.807) is 12.1 Å². The van der Waals surface area contributed by atoms with Crippen LogP contribution < -0.4 is 10.6 Å². The molecule has 4 rings (SSSR count). The third kappa shape index (κ3) is 6.59. The molecule has 2 aromatic heterocycles. The molecule has 200 valence electrons. The monoisotopic (exact) mass is 537 g/mol. The summed E-state index contributed by atoms with van der Waals surface area (Å²) in [5.74, 6) is -1.24. The van der Waals surface area contributed by atoms with Crippen LogP contribution in [-0.2, 0) is 19.6 Å². The molecule has 1 aliphatic heterocycles. The average molecular weight is 538 g/mol. The molecular formula is C27H31N5O5S. The maximum atomic E-state index is 13.4. The van der Waals surface area contributed by atoms with Gasteiger partial charge in [-0.3, -0.25) is 14.4 Å². The first-order chi connectivity index (χ1) is 18.4. The van der Waals surface area contributed by atoms with Crippen molar-refractivity contribution in [2.75, 3.05) is 19.6 Å². The summed E-state index contributed by atoms with van der Waals surface area (Å²) in [5, 5.41) is 6.50. The molecule has 0 radical (unpaired) electrons. The van der Waals surface area contributed by atoms with Crippen molar-refractivity contribution in [3.8, 4) is 0 Å². The fourth-order valence-electron chi connectivity index (χ4n) is 4.41. The Hall–Kier alpha value is -3.70. The van der Waals surface area contributed by atoms with E-state index in [9.17, 15) is 22.8 Å². The molecule has 10 nitrogen and oxygen atoms in total. The van der Waals surface area contributed by atoms with Crippen LogP contribution in [0.4, 0.5) is 0 Å². The SMILES string of the molecule is O=C(NCCCCCC(=O)N(C1CCCNCC1=O)S(=O)(=O)c1ccccn1)c1ccc2ccccc2n1. The molecule has 3 aromatic rings. The Morgan fingerprint density at radius 3 is 2.66 bits per heavy atom. The van der Waals surface area contributed by atoms with E-state index in [1.807, 2.05) is 30.3 Å². The third-order valence-corrected chi connectivity index (χ3v) is 8.12. The number of pyridine rings is 2. The van der Waals surface area contributed by atoms with Crippen LogP contribution in [0.3, 0.4) is 0 Å². The highest BCUT2D eigenvalue weighted by molar-refractivity contribution is 7.89. The summed E-state index contributed by atoms with van der Waals surface area (Å²) < 4.78 is 27.5. The van der Waals surface area contributed by atoms with E-state index in [0.717, 1.165) is 15.2 Å². The van der Waals surface area contributed by atoms with E-state index in [0.29, 0.717) is 44.5 Å². The van der Waals surface area contributed by atoms with Crippen molar-refractivity contribution in [1.82, 2.24) is 24.9 Å². The highest BCUT2D eigenvalue weighted by Gasteiger charge is 2.39. The minimum atomic E-state index is -4.29. The molecule has 11 heteroatoms. The number of rotatable bonds is 10. The smallest absolute Gasteiger partial charge is 0.284 e. The largest absolute Gasteiger partial charge is 0.351 e. The molecule has 0 aliphatic carbocycles. The average Bonchev–Trinajstić information content (AvgIpc) is 3.14. The Balaban J connectivity index is 1.32. The number of carbonyl (C=O) groups is 3. The number of fused-ring (bicyclic) bond motifs is 1. The van der Waals surface area contributed by atoms with Gasteiger partial charge in [-0.15, -0.1) is 0 Å². The quantitative estimate of drug-likeness (QED) is 0.376. The normalized spacial score (nSPS) is 16.1. The molecule has 3 heterocycles. The zero-order valence-corrected chi connectivity index (χ0v) is 21.8. The molecule has 0 bridgehead atoms. The first kappa shape index (κ1) is 27.3. The third-order valence-electron chi connectivity index (χ3n) is 6.38. The highest BCUT2D eigenvalue weighted by Crippen LogP contribution is 2.23. The van der Waals surface area contributed by atoms with Gasteiger partial charge in [0.25, 0.3) is 15.9 Å². The van der Waals surface area contributed by atoms with Crippen molar-refractivity contribution in [3.63, 3.8) is 0 Å². The van der Waals surface area contributed by atoms with Gasteiger partial charge in [0.1, 0.15) is 11.7 Å². The molecule has 38 heavy (non-hydrogen) atoms. The summed E-state index contributed by atoms with van der Waals surface area (Å²) >= 11 is 0. The summed E-state index contributed by atoms with van der Waals surface area (Å²) in [7, 11) is -4.29. The number of hydrogen-bond acceptors (Lipinski definition) is 8. The zero-order valence-electron chi connectivity index (χ0n) is 21.0. The van der Waals surface area contributed by atoms with Crippen LogP contribution in [0.1, 0.15) is 49.0 Å². The lowest BCUT2D eigenvalue weighted by atomic mass is 10.1. The Morgan fingerprint density at radius 2 is 1.84 bits per heavy atom. The molecule has 2 amide bonds. The van der Waals surface area contributed by atoms with Crippen LogP contribution in [0, 0.1) is 0 Å². The molecule has 1 unspecified atom stereocenters. The van der Waals surface area contributed by atoms with Gasteiger partial charge < -0.3 is 10.6 Å². The van der Waals surface area contributed by atoms with Gasteiger partial charge in [0.2, 0.25) is 5.91 Å². The van der Waals surface area contributed by atoms with Crippen LogP contribution >= 0.6 is 0 Å². The van der Waals surface area contributed by atoms with E-state index < -0.39 is 22.0 Å². The minimum Gasteiger partial charge on any atom is -0.351 e. The lowest BCUT2D eigenvalue weighted by molar-refractivity contribution is -0.133. The van der Waals surface area contributed by atoms with Crippen LogP contribution in [-0.4, -0.2) is 66.0 Å². The van der Waals surface area contributed by atoms with Crippen LogP contribution in [0.2, 0.25) is 0 Å². The van der Waals surface area contributed by atoms with Gasteiger partial charge in [0, 0.05) is 24.5 Å². The predicted octanol–water partition coefficient (Wildman–Crippen LogP) is 2.46. The van der Waals surface area contributed by atoms with Crippen molar-refractivity contribution in [1.29, 1.82) is 0 Å². The van der Waals surface area contributed by atoms with Gasteiger partial charge >= 0.3 is 0 Å². The second-order valence-electron chi connectivity index (χ2n) is 9.12. The van der Waals surface area contributed by atoms with Crippen molar-refractivity contribution in [3.05, 3.63) is 66.5 Å². The predicted molar refractivity (Wildman–Crippen MR) is 142 cm³/mol. The number of amides is 2. The van der Waals surface area contributed by atoms with Gasteiger partial charge in [0.15, 0.2) is 10.8 Å². The number of benzene rings is 1. The van der Waals surface area contributed by atoms with Crippen molar-refractivity contribution < 1.29 is 22.8 Å². The van der Waals surface area contributed by atoms with Crippen molar-refractivity contribution in [2.45, 2.75) is 49.6 Å². The number of nitrogens with one attached hydrogen (secondary N) is 2. The Morgan fingerprint density at radius 1 is 1.03 bits per heavy atom. The summed E-state index contributed by atoms with van der Waals surface area (Å²) in [4.78, 5) is 46.7. The number of carbonyl (C=O) groups excluding carboxylic acids is 3. The molecular weight excluding hydrogens is 506 g/mol. The van der Waals surface area contributed by atoms with Crippen molar-refractivity contribution in [2.24, 2.45) is 0 Å². The van der Waals surface area contributed by atoms with Crippen molar-refractivity contribution >= 4 is 38.5 Å². The molecule has 2 N–H and O–H groups in total. The summed E-state index contributed by atoms with van der Waals surface area (Å²) in [6.45, 7) is 0.983. The number of para-hydroxylation sites is 1. The van der Waals surface area contributed by atoms with Gasteiger partial charge in [-0.25, -0.2) is 14.3 Å². The van der Waals surface area contributed by atoms with Gasteiger partial charge in [-0.1, -0.05) is 36.8 Å². The Kier molecular flexibility index (Phi) is 9.14. The molecule has 1 aromatic carbocycles. The lowest BCUT2D eigenvalue weighted by Gasteiger charge is -2.29. The fourth-order valence-corrected chi connectivity index (χ4v) is 5.97. The summed E-state index contributed by atoms with van der Waals surface area (Å²) in [5.41, 5.74) is 1.07. The second kappa shape index (κ2) is 12.7. The number of sulfonamides is 1. The van der Waals surface area contributed by atoms with Crippen LogP contribution in [0.15, 0.2) is 65.8 Å². The highest BCUT2D eigenvalue weighted by atomic mass is 32.2. The Labute approximate surface area is 221 Å². The molecule has 1 saturated heterocycles. The van der Waals surface area contributed by atoms with Gasteiger partial charge in [-0.05, 0) is 56.5 Å². The van der Waals surface area contributed by atoms with Gasteiger partial charge in [0.05, 0.1) is 12.1 Å². The topological polar surface area (TPSA) is 138 Å². The van der Waals surface area contributed by atoms with Gasteiger partial charge in [-0.2, -0.15) is 8.42 Å². The number of ketones is 1. The number of hydrogen-bond donors (Lipinski definition) is 2. The fraction of sp³-hybridized carbons (Fsp3) is 0.370. The van der Waals surface area contributed by atoms with E-state index in [4.69, 9.17) is 0 Å². The minimum absolute atomic E-state index is 0.0119. The molecule has 1 atom stereocenters. The molecule has 0 saturated carbocycles. The molecule has 0 spiro atoms. The first-order valence-electron chi connectivity index (χ1n) is 12.7. The summed E-state index contributed by atoms with van der Waals surface area (Å²) in [6, 6.07) is 14.5. The second-order valence-corrected chi connectivity index (χ2v) is 10.9. The summed E-state index contributed by atoms with van der Waals surface area (Å²) in [6.07, 6.45) is 3.75. The van der Waals surface area contributed by atoms with E-state index in [1.165, 1.54) is 18.3 Å². The number of Topliss-reactive ketones (excluding diaryl/α,β-unsaturated/α-hetero) is 1. The number of nitrogens with zero attached hydrogens (tertiary/aromatic N) is 3. The van der Waals surface area contributed by atoms with E-state index in [-0.39, 0.29) is 36.1 Å². The lowest BCUT2D eigenvalue weighted by Crippen LogP contribution is -2.49. The molecule has 1 fully saturated rings. The first-order valence-corrected chi connectivity index (χ1v) is 14.2. The van der Waals surface area contributed by atoms with E-state index >= 15 is 0 Å². The van der Waals surface area contributed by atoms with Crippen LogP contribution in [0.5, 0.6) is 0 Å². The zero-order chi connectivity index (χ0) is 27.0. The number of aromatic nitrogens is 2. The Bertz CT molecular complexity index is 1400. The van der Waals surface area contributed by atoms with Crippen LogP contribution in [0.25, 0.3) is 10.9 Å². The number of unbranched alkanes of at least 4 members (excludes halogenated alkanes) is 2. The standard InChI is InChI=1S/C27H31N5O5S/c33-24-19-28-16-8-11-23(24)32(38(36,37)25-12-5-7-17-29-25)26(34)13-2-1-6-18-30-27(35)22-15-14-20-9-3-4-10-21(20)31-22/h3-5,7,9-10,12,14-15,17,23,28H,1-2,6,8,11,13,16,18-19H2,(H,30,35).